The Morgan fingerprint density at radius 1 is 1.14 bits per heavy atom. The third-order valence-electron chi connectivity index (χ3n) is 4.87. The molecule has 192 valence electrons. The van der Waals surface area contributed by atoms with Gasteiger partial charge >= 0.3 is 29.7 Å². The Balaban J connectivity index is 2.50. The van der Waals surface area contributed by atoms with Crippen LogP contribution < -0.4 is 4.74 Å². The van der Waals surface area contributed by atoms with Crippen LogP contribution in [0.5, 0.6) is 5.75 Å². The number of aliphatic hydroxyl groups is 4. The number of hydrogen-bond donors (Lipinski definition) is 4. The smallest absolute Gasteiger partial charge is 0.387 e. The number of aliphatic imine (C=N–C) groups is 1. The first-order valence-electron chi connectivity index (χ1n) is 10.5. The van der Waals surface area contributed by atoms with Crippen molar-refractivity contribution in [2.45, 2.75) is 63.4 Å². The van der Waals surface area contributed by atoms with Crippen molar-refractivity contribution in [1.29, 1.82) is 0 Å². The summed E-state index contributed by atoms with van der Waals surface area (Å²) in [6.07, 6.45) is -6.68. The van der Waals surface area contributed by atoms with E-state index in [1.54, 1.807) is 18.2 Å². The van der Waals surface area contributed by atoms with Gasteiger partial charge in [0.25, 0.3) is 0 Å². The largest absolute Gasteiger partial charge is 0.426 e. The van der Waals surface area contributed by atoms with Gasteiger partial charge in [0.05, 0.1) is 19.1 Å². The Morgan fingerprint density at radius 2 is 1.80 bits per heavy atom. The van der Waals surface area contributed by atoms with E-state index in [-0.39, 0.29) is 5.75 Å². The zero-order valence-electron chi connectivity index (χ0n) is 19.2. The number of hydrogen-bond acceptors (Lipinski definition) is 13. The monoisotopic (exact) mass is 497 g/mol. The Labute approximate surface area is 199 Å². The van der Waals surface area contributed by atoms with E-state index in [9.17, 15) is 39.6 Å². The van der Waals surface area contributed by atoms with Gasteiger partial charge in [-0.25, -0.2) is 4.79 Å². The normalized spacial score (nSPS) is 26.0. The summed E-state index contributed by atoms with van der Waals surface area (Å²) in [6, 6.07) is 4.87. The van der Waals surface area contributed by atoms with Crippen LogP contribution in [0.4, 0.5) is 0 Å². The molecular weight excluding hydrogens is 470 g/mol. The van der Waals surface area contributed by atoms with Gasteiger partial charge in [-0.15, -0.1) is 0 Å². The number of carbonyl (C=O) groups excluding carboxylic acids is 4. The molecule has 1 aromatic rings. The quantitative estimate of drug-likeness (QED) is 0.142. The van der Waals surface area contributed by atoms with Gasteiger partial charge in [0.2, 0.25) is 0 Å². The highest BCUT2D eigenvalue weighted by Gasteiger charge is 2.58. The minimum absolute atomic E-state index is 0.141. The molecule has 6 atom stereocenters. The zero-order valence-corrected chi connectivity index (χ0v) is 19.2. The molecule has 1 aromatic carbocycles. The van der Waals surface area contributed by atoms with E-state index in [4.69, 9.17) is 14.2 Å². The second-order valence-corrected chi connectivity index (χ2v) is 7.72. The van der Waals surface area contributed by atoms with Crippen molar-refractivity contribution in [2.75, 3.05) is 6.61 Å². The second kappa shape index (κ2) is 12.0. The van der Waals surface area contributed by atoms with E-state index in [2.05, 4.69) is 9.73 Å². The Bertz CT molecular complexity index is 979. The van der Waals surface area contributed by atoms with Crippen LogP contribution >= 0.6 is 0 Å². The lowest BCUT2D eigenvalue weighted by Crippen LogP contribution is -2.64. The molecule has 1 unspecified atom stereocenters. The predicted molar refractivity (Wildman–Crippen MR) is 115 cm³/mol. The number of aliphatic hydroxyl groups excluding tert-OH is 4. The van der Waals surface area contributed by atoms with Crippen LogP contribution in [0.3, 0.4) is 0 Å². The molecule has 0 aliphatic carbocycles. The molecule has 0 bridgehead atoms. The van der Waals surface area contributed by atoms with Gasteiger partial charge in [-0.3, -0.25) is 19.4 Å². The highest BCUT2D eigenvalue weighted by atomic mass is 16.8. The number of ether oxygens (including phenoxy) is 4. The van der Waals surface area contributed by atoms with Crippen molar-refractivity contribution in [3.63, 3.8) is 0 Å². The zero-order chi connectivity index (χ0) is 26.3. The lowest BCUT2D eigenvalue weighted by molar-refractivity contribution is -0.299. The van der Waals surface area contributed by atoms with E-state index < -0.39 is 73.1 Å². The standard InChI is InChI=1S/C22H27NO12/c1-11(25)32-17-7-5-4-6-14(17)9-23-18-15(28)8-22(34-13(3)27,21(31)33-12(2)26)35-20(18)19(30)16(29)10-24/h4-7,9,15-16,18-20,24,28-30H,8,10H2,1-3H3/t15-,16+,18+,19+,20+,22?/m0/s1. The minimum Gasteiger partial charge on any atom is -0.426 e. The van der Waals surface area contributed by atoms with Crippen molar-refractivity contribution in [1.82, 2.24) is 0 Å². The molecule has 1 heterocycles. The van der Waals surface area contributed by atoms with Crippen LogP contribution in [0, 0.1) is 0 Å². The van der Waals surface area contributed by atoms with Gasteiger partial charge in [0.1, 0.15) is 30.1 Å². The molecule has 0 aromatic heterocycles. The third kappa shape index (κ3) is 7.13. The van der Waals surface area contributed by atoms with E-state index in [0.717, 1.165) is 13.8 Å². The third-order valence-corrected chi connectivity index (χ3v) is 4.87. The summed E-state index contributed by atoms with van der Waals surface area (Å²) in [6.45, 7) is 2.11. The first-order valence-corrected chi connectivity index (χ1v) is 10.5. The van der Waals surface area contributed by atoms with Crippen molar-refractivity contribution < 1.29 is 58.6 Å². The van der Waals surface area contributed by atoms with Crippen LogP contribution in [0.2, 0.25) is 0 Å². The SMILES string of the molecule is CC(=O)OC(=O)C1(OC(C)=O)C[C@H](O)[C@@H](N=Cc2ccccc2OC(C)=O)[C@H]([C@H](O)[C@H](O)CO)O1. The molecule has 13 nitrogen and oxygen atoms in total. The summed E-state index contributed by atoms with van der Waals surface area (Å²) < 4.78 is 20.1. The maximum absolute atomic E-state index is 12.6. The number of benzene rings is 1. The van der Waals surface area contributed by atoms with Crippen LogP contribution in [0.15, 0.2) is 29.3 Å². The Morgan fingerprint density at radius 3 is 2.37 bits per heavy atom. The highest BCUT2D eigenvalue weighted by molar-refractivity contribution is 5.90. The van der Waals surface area contributed by atoms with Gasteiger partial charge in [-0.2, -0.15) is 0 Å². The van der Waals surface area contributed by atoms with E-state index in [1.807, 2.05) is 0 Å². The maximum Gasteiger partial charge on any atom is 0.387 e. The first kappa shape index (κ1) is 28.0. The first-order chi connectivity index (χ1) is 16.4. The van der Waals surface area contributed by atoms with Crippen LogP contribution in [-0.4, -0.2) is 93.4 Å². The van der Waals surface area contributed by atoms with Crippen molar-refractivity contribution >= 4 is 30.1 Å². The average molecular weight is 497 g/mol. The van der Waals surface area contributed by atoms with Gasteiger partial charge in [-0.1, -0.05) is 12.1 Å². The topological polar surface area (TPSA) is 198 Å². The maximum atomic E-state index is 12.6. The average Bonchev–Trinajstić information content (AvgIpc) is 2.76. The highest BCUT2D eigenvalue weighted by Crippen LogP contribution is 2.36. The molecule has 0 radical (unpaired) electrons. The molecule has 1 aliphatic heterocycles. The van der Waals surface area contributed by atoms with E-state index in [0.29, 0.717) is 5.56 Å². The van der Waals surface area contributed by atoms with E-state index >= 15 is 0 Å². The predicted octanol–water partition coefficient (Wildman–Crippen LogP) is -1.39. The lowest BCUT2D eigenvalue weighted by Gasteiger charge is -2.44. The van der Waals surface area contributed by atoms with Gasteiger partial charge < -0.3 is 39.4 Å². The molecule has 2 rings (SSSR count). The molecule has 0 amide bonds. The number of rotatable bonds is 8. The molecule has 1 fully saturated rings. The van der Waals surface area contributed by atoms with Gasteiger partial charge in [0.15, 0.2) is 0 Å². The Hall–Kier alpha value is -3.23. The fraction of sp³-hybridized carbons (Fsp3) is 0.500. The van der Waals surface area contributed by atoms with Crippen LogP contribution in [-0.2, 0) is 33.4 Å². The van der Waals surface area contributed by atoms with Crippen LogP contribution in [0.1, 0.15) is 32.8 Å². The summed E-state index contributed by atoms with van der Waals surface area (Å²) in [5.74, 6) is -6.68. The van der Waals surface area contributed by atoms with E-state index in [1.165, 1.54) is 19.2 Å². The molecule has 1 saturated heterocycles. The molecule has 35 heavy (non-hydrogen) atoms. The number of carbonyl (C=O) groups is 4. The Kier molecular flexibility index (Phi) is 9.56. The summed E-state index contributed by atoms with van der Waals surface area (Å²) in [5.41, 5.74) is 0.304. The number of nitrogens with zero attached hydrogens (tertiary/aromatic N) is 1. The molecular formula is C22H27NO12. The molecule has 0 saturated carbocycles. The molecule has 13 heteroatoms. The summed E-state index contributed by atoms with van der Waals surface area (Å²) in [4.78, 5) is 51.2. The summed E-state index contributed by atoms with van der Waals surface area (Å²) >= 11 is 0. The molecule has 4 N–H and O–H groups in total. The number of para-hydroxylation sites is 1. The fourth-order valence-corrected chi connectivity index (χ4v) is 3.42. The lowest BCUT2D eigenvalue weighted by atomic mass is 9.89. The van der Waals surface area contributed by atoms with Gasteiger partial charge in [-0.05, 0) is 12.1 Å². The van der Waals surface area contributed by atoms with Gasteiger partial charge in [0, 0.05) is 32.5 Å². The van der Waals surface area contributed by atoms with Crippen molar-refractivity contribution in [3.8, 4) is 5.75 Å². The molecule has 1 aliphatic rings. The van der Waals surface area contributed by atoms with Crippen molar-refractivity contribution in [2.24, 2.45) is 4.99 Å². The molecule has 0 spiro atoms. The fourth-order valence-electron chi connectivity index (χ4n) is 3.42. The minimum atomic E-state index is -2.65. The number of esters is 4. The van der Waals surface area contributed by atoms with Crippen LogP contribution in [0.25, 0.3) is 0 Å². The summed E-state index contributed by atoms with van der Waals surface area (Å²) in [5, 5.41) is 40.7. The second-order valence-electron chi connectivity index (χ2n) is 7.72. The summed E-state index contributed by atoms with van der Waals surface area (Å²) in [7, 11) is 0. The van der Waals surface area contributed by atoms with Crippen molar-refractivity contribution in [3.05, 3.63) is 29.8 Å².